The van der Waals surface area contributed by atoms with Crippen LogP contribution in [0.2, 0.25) is 0 Å². The summed E-state index contributed by atoms with van der Waals surface area (Å²) in [5.41, 5.74) is 1.24. The van der Waals surface area contributed by atoms with E-state index in [-0.39, 0.29) is 23.3 Å². The van der Waals surface area contributed by atoms with Gasteiger partial charge in [-0.3, -0.25) is 9.69 Å². The monoisotopic (exact) mass is 474 g/mol. The molecule has 0 spiro atoms. The van der Waals surface area contributed by atoms with Crippen molar-refractivity contribution < 1.29 is 17.6 Å². The molecule has 0 saturated carbocycles. The van der Waals surface area contributed by atoms with Gasteiger partial charge in [-0.1, -0.05) is 18.2 Å². The third-order valence-corrected chi connectivity index (χ3v) is 8.31. The van der Waals surface area contributed by atoms with Crippen LogP contribution in [0.5, 0.6) is 0 Å². The molecule has 0 bridgehead atoms. The Morgan fingerprint density at radius 2 is 1.67 bits per heavy atom. The molecule has 7 nitrogen and oxygen atoms in total. The normalized spacial score (nSPS) is 20.5. The van der Waals surface area contributed by atoms with Gasteiger partial charge in [0.2, 0.25) is 15.9 Å². The number of hydrogen-bond acceptors (Lipinski definition) is 5. The average Bonchev–Trinajstić information content (AvgIpc) is 2.85. The smallest absolute Gasteiger partial charge is 0.243 e. The second-order valence-electron chi connectivity index (χ2n) is 8.61. The molecule has 2 saturated heterocycles. The molecule has 2 aliphatic heterocycles. The Labute approximate surface area is 195 Å². The number of carbonyl (C=O) groups is 1. The lowest BCUT2D eigenvalue weighted by Crippen LogP contribution is -2.49. The van der Waals surface area contributed by atoms with Crippen LogP contribution in [0.25, 0.3) is 0 Å². The maximum Gasteiger partial charge on any atom is 0.243 e. The highest BCUT2D eigenvalue weighted by molar-refractivity contribution is 7.89. The van der Waals surface area contributed by atoms with Gasteiger partial charge in [0.15, 0.2) is 0 Å². The number of benzene rings is 2. The lowest BCUT2D eigenvalue weighted by Gasteiger charge is -2.36. The summed E-state index contributed by atoms with van der Waals surface area (Å²) in [6.45, 7) is 5.64. The van der Waals surface area contributed by atoms with Crippen molar-refractivity contribution in [3.05, 3.63) is 60.4 Å². The van der Waals surface area contributed by atoms with Crippen molar-refractivity contribution in [2.75, 3.05) is 57.3 Å². The van der Waals surface area contributed by atoms with Gasteiger partial charge in [-0.2, -0.15) is 4.31 Å². The van der Waals surface area contributed by atoms with Crippen LogP contribution in [-0.4, -0.2) is 75.9 Å². The number of carbonyl (C=O) groups excluding carboxylic acids is 1. The molecule has 0 radical (unpaired) electrons. The number of rotatable bonds is 7. The van der Waals surface area contributed by atoms with Crippen molar-refractivity contribution in [3.63, 3.8) is 0 Å². The molecule has 33 heavy (non-hydrogen) atoms. The van der Waals surface area contributed by atoms with Crippen LogP contribution in [-0.2, 0) is 14.8 Å². The van der Waals surface area contributed by atoms with Gasteiger partial charge >= 0.3 is 0 Å². The van der Waals surface area contributed by atoms with Crippen LogP contribution in [0.15, 0.2) is 59.5 Å². The third kappa shape index (κ3) is 5.90. The summed E-state index contributed by atoms with van der Waals surface area (Å²) in [4.78, 5) is 17.5. The largest absolute Gasteiger partial charge is 0.369 e. The number of hydrogen-bond donors (Lipinski definition) is 1. The number of halogens is 1. The number of piperazine rings is 1. The molecular formula is C24H31FN4O3S. The van der Waals surface area contributed by atoms with E-state index in [1.165, 1.54) is 22.1 Å². The summed E-state index contributed by atoms with van der Waals surface area (Å²) in [5.74, 6) is -0.952. The van der Waals surface area contributed by atoms with E-state index in [9.17, 15) is 17.6 Å². The van der Waals surface area contributed by atoms with Crippen LogP contribution in [0.4, 0.5) is 10.1 Å². The molecule has 2 aromatic carbocycles. The van der Waals surface area contributed by atoms with E-state index in [4.69, 9.17) is 0 Å². The molecule has 2 aromatic rings. The van der Waals surface area contributed by atoms with Gasteiger partial charge < -0.3 is 10.2 Å². The number of nitrogens with one attached hydrogen (secondary N) is 1. The molecule has 178 valence electrons. The number of para-hydroxylation sites is 1. The number of piperidine rings is 1. The second-order valence-corrected chi connectivity index (χ2v) is 10.5. The fourth-order valence-corrected chi connectivity index (χ4v) is 6.00. The van der Waals surface area contributed by atoms with Crippen LogP contribution >= 0.6 is 0 Å². The van der Waals surface area contributed by atoms with Gasteiger partial charge in [0.25, 0.3) is 0 Å². The second kappa shape index (κ2) is 10.6. The lowest BCUT2D eigenvalue weighted by molar-refractivity contribution is -0.126. The zero-order chi connectivity index (χ0) is 23.3. The zero-order valence-corrected chi connectivity index (χ0v) is 19.5. The van der Waals surface area contributed by atoms with Gasteiger partial charge in [-0.25, -0.2) is 12.8 Å². The first-order valence-corrected chi connectivity index (χ1v) is 12.9. The summed E-state index contributed by atoms with van der Waals surface area (Å²) in [7, 11) is -3.74. The number of sulfonamides is 1. The number of amides is 1. The first-order chi connectivity index (χ1) is 15.9. The van der Waals surface area contributed by atoms with Crippen molar-refractivity contribution >= 4 is 21.6 Å². The molecule has 1 atom stereocenters. The van der Waals surface area contributed by atoms with Gasteiger partial charge in [0.05, 0.1) is 10.8 Å². The Hall–Kier alpha value is -2.49. The third-order valence-electron chi connectivity index (χ3n) is 6.43. The van der Waals surface area contributed by atoms with Gasteiger partial charge in [-0.05, 0) is 49.2 Å². The minimum absolute atomic E-state index is 0.0552. The van der Waals surface area contributed by atoms with Crippen LogP contribution in [0, 0.1) is 11.7 Å². The van der Waals surface area contributed by atoms with Gasteiger partial charge in [-0.15, -0.1) is 0 Å². The molecule has 0 aliphatic carbocycles. The SMILES string of the molecule is O=C(NCCN1CCN(c2ccccc2)CC1)C1CCCN(S(=O)(=O)c2ccc(F)cc2)C1. The summed E-state index contributed by atoms with van der Waals surface area (Å²) >= 11 is 0. The Kier molecular flexibility index (Phi) is 7.62. The number of nitrogens with zero attached hydrogens (tertiary/aromatic N) is 3. The molecule has 2 fully saturated rings. The molecule has 9 heteroatoms. The van der Waals surface area contributed by atoms with Gasteiger partial charge in [0, 0.05) is 58.0 Å². The molecule has 1 N–H and O–H groups in total. The first kappa shape index (κ1) is 23.7. The van der Waals surface area contributed by atoms with Crippen molar-refractivity contribution in [2.24, 2.45) is 5.92 Å². The first-order valence-electron chi connectivity index (χ1n) is 11.5. The van der Waals surface area contributed by atoms with E-state index in [1.54, 1.807) is 0 Å². The van der Waals surface area contributed by atoms with Crippen molar-refractivity contribution in [1.29, 1.82) is 0 Å². The molecule has 2 aliphatic rings. The maximum atomic E-state index is 13.2. The Morgan fingerprint density at radius 1 is 0.970 bits per heavy atom. The molecule has 1 unspecified atom stereocenters. The minimum Gasteiger partial charge on any atom is -0.369 e. The van der Waals surface area contributed by atoms with Crippen LogP contribution in [0.3, 0.4) is 0 Å². The standard InChI is InChI=1S/C24H31FN4O3S/c25-21-8-10-23(11-9-21)33(31,32)29-13-4-5-20(19-29)24(30)26-12-14-27-15-17-28(18-16-27)22-6-2-1-3-7-22/h1-3,6-11,20H,4-5,12-19H2,(H,26,30). The number of anilines is 1. The molecule has 4 rings (SSSR count). The average molecular weight is 475 g/mol. The van der Waals surface area contributed by atoms with Gasteiger partial charge in [0.1, 0.15) is 5.82 Å². The summed E-state index contributed by atoms with van der Waals surface area (Å²) in [6, 6.07) is 15.2. The highest BCUT2D eigenvalue weighted by Crippen LogP contribution is 2.24. The highest BCUT2D eigenvalue weighted by Gasteiger charge is 2.33. The summed E-state index contributed by atoms with van der Waals surface area (Å²) in [6.07, 6.45) is 1.29. The van der Waals surface area contributed by atoms with Crippen molar-refractivity contribution in [3.8, 4) is 0 Å². The fraction of sp³-hybridized carbons (Fsp3) is 0.458. The molecule has 1 amide bonds. The van der Waals surface area contributed by atoms with E-state index < -0.39 is 15.8 Å². The predicted octanol–water partition coefficient (Wildman–Crippen LogP) is 2.16. The Bertz CT molecular complexity index is 1030. The topological polar surface area (TPSA) is 73.0 Å². The van der Waals surface area contributed by atoms with Crippen LogP contribution < -0.4 is 10.2 Å². The minimum atomic E-state index is -3.74. The van der Waals surface area contributed by atoms with E-state index in [1.807, 2.05) is 6.07 Å². The van der Waals surface area contributed by atoms with E-state index in [2.05, 4.69) is 39.4 Å². The van der Waals surface area contributed by atoms with Crippen molar-refractivity contribution in [2.45, 2.75) is 17.7 Å². The zero-order valence-electron chi connectivity index (χ0n) is 18.7. The van der Waals surface area contributed by atoms with Crippen molar-refractivity contribution in [1.82, 2.24) is 14.5 Å². The van der Waals surface area contributed by atoms with Crippen LogP contribution in [0.1, 0.15) is 12.8 Å². The lowest BCUT2D eigenvalue weighted by atomic mass is 9.99. The highest BCUT2D eigenvalue weighted by atomic mass is 32.2. The molecule has 0 aromatic heterocycles. The predicted molar refractivity (Wildman–Crippen MR) is 126 cm³/mol. The van der Waals surface area contributed by atoms with E-state index in [0.717, 1.165) is 44.9 Å². The summed E-state index contributed by atoms with van der Waals surface area (Å²) < 4.78 is 40.3. The Morgan fingerprint density at radius 3 is 2.36 bits per heavy atom. The quantitative estimate of drug-likeness (QED) is 0.666. The Balaban J connectivity index is 1.22. The van der Waals surface area contributed by atoms with E-state index >= 15 is 0 Å². The maximum absolute atomic E-state index is 13.2. The fourth-order valence-electron chi connectivity index (χ4n) is 4.48. The molecule has 2 heterocycles. The van der Waals surface area contributed by atoms with E-state index in [0.29, 0.717) is 25.9 Å². The molecular weight excluding hydrogens is 443 g/mol. The summed E-state index contributed by atoms with van der Waals surface area (Å²) in [5, 5.41) is 3.00.